The van der Waals surface area contributed by atoms with Crippen LogP contribution in [0.3, 0.4) is 0 Å². The van der Waals surface area contributed by atoms with E-state index in [1.807, 2.05) is 30.4 Å². The van der Waals surface area contributed by atoms with E-state index in [0.29, 0.717) is 13.0 Å². The van der Waals surface area contributed by atoms with Gasteiger partial charge >= 0.3 is 0 Å². The van der Waals surface area contributed by atoms with Crippen LogP contribution in [0.5, 0.6) is 0 Å². The van der Waals surface area contributed by atoms with Crippen molar-refractivity contribution in [3.63, 3.8) is 0 Å². The van der Waals surface area contributed by atoms with E-state index in [1.165, 1.54) is 6.20 Å². The van der Waals surface area contributed by atoms with Crippen LogP contribution in [-0.4, -0.2) is 18.3 Å². The SMILES string of the molecule is C=CCCOC1=CC=CC(/C(C/C=C\N)=N/CCl)C=C1. The number of alkyl halides is 1. The molecule has 1 rings (SSSR count). The lowest BCUT2D eigenvalue weighted by Gasteiger charge is -2.09. The molecular weight excluding hydrogens is 272 g/mol. The lowest BCUT2D eigenvalue weighted by molar-refractivity contribution is 0.230. The molecule has 20 heavy (non-hydrogen) atoms. The molecule has 0 aliphatic heterocycles. The Hall–Kier alpha value is -1.74. The van der Waals surface area contributed by atoms with Crippen molar-refractivity contribution in [2.75, 3.05) is 12.6 Å². The second-order valence-electron chi connectivity index (χ2n) is 4.17. The van der Waals surface area contributed by atoms with Crippen molar-refractivity contribution < 1.29 is 4.74 Å². The van der Waals surface area contributed by atoms with Gasteiger partial charge in [-0.2, -0.15) is 0 Å². The summed E-state index contributed by atoms with van der Waals surface area (Å²) in [6, 6.07) is 0.252. The van der Waals surface area contributed by atoms with E-state index < -0.39 is 0 Å². The maximum atomic E-state index is 5.71. The van der Waals surface area contributed by atoms with E-state index in [2.05, 4.69) is 23.7 Å². The summed E-state index contributed by atoms with van der Waals surface area (Å²) in [6.45, 7) is 4.31. The van der Waals surface area contributed by atoms with E-state index in [1.54, 1.807) is 0 Å². The highest BCUT2D eigenvalue weighted by atomic mass is 35.5. The second-order valence-corrected chi connectivity index (χ2v) is 4.40. The van der Waals surface area contributed by atoms with Gasteiger partial charge in [-0.3, -0.25) is 4.99 Å². The van der Waals surface area contributed by atoms with Crippen molar-refractivity contribution >= 4 is 17.3 Å². The summed E-state index contributed by atoms with van der Waals surface area (Å²) in [7, 11) is 0. The van der Waals surface area contributed by atoms with Crippen LogP contribution < -0.4 is 5.73 Å². The Morgan fingerprint density at radius 3 is 3.05 bits per heavy atom. The zero-order chi connectivity index (χ0) is 14.6. The van der Waals surface area contributed by atoms with Crippen molar-refractivity contribution in [1.82, 2.24) is 0 Å². The molecule has 1 aliphatic carbocycles. The predicted octanol–water partition coefficient (Wildman–Crippen LogP) is 3.71. The first-order valence-corrected chi connectivity index (χ1v) is 7.11. The first-order valence-electron chi connectivity index (χ1n) is 6.58. The first kappa shape index (κ1) is 16.3. The van der Waals surface area contributed by atoms with Gasteiger partial charge in [-0.1, -0.05) is 30.4 Å². The molecule has 0 aromatic rings. The molecule has 4 heteroatoms. The molecular formula is C16H21ClN2O. The van der Waals surface area contributed by atoms with Crippen LogP contribution >= 0.6 is 11.6 Å². The Balaban J connectivity index is 2.68. The highest BCUT2D eigenvalue weighted by Crippen LogP contribution is 2.15. The lowest BCUT2D eigenvalue weighted by atomic mass is 10.00. The molecule has 0 saturated heterocycles. The fourth-order valence-corrected chi connectivity index (χ4v) is 1.89. The number of rotatable bonds is 8. The minimum absolute atomic E-state index is 0.113. The molecule has 0 bridgehead atoms. The van der Waals surface area contributed by atoms with Crippen molar-refractivity contribution in [2.24, 2.45) is 16.6 Å². The molecule has 0 heterocycles. The van der Waals surface area contributed by atoms with Crippen LogP contribution in [0.25, 0.3) is 0 Å². The monoisotopic (exact) mass is 292 g/mol. The summed E-state index contributed by atoms with van der Waals surface area (Å²) in [5.41, 5.74) is 6.36. The van der Waals surface area contributed by atoms with E-state index in [9.17, 15) is 0 Å². The number of ether oxygens (including phenoxy) is 1. The van der Waals surface area contributed by atoms with E-state index in [4.69, 9.17) is 22.1 Å². The fourth-order valence-electron chi connectivity index (χ4n) is 1.74. The summed E-state index contributed by atoms with van der Waals surface area (Å²) >= 11 is 5.71. The van der Waals surface area contributed by atoms with Crippen LogP contribution in [-0.2, 0) is 4.74 Å². The first-order chi connectivity index (χ1) is 9.81. The standard InChI is InChI=1S/C16H21ClN2O/c1-2-3-12-20-15-7-4-6-14(9-10-15)16(19-13-17)8-5-11-18/h2,4-7,9-11,14H,1,3,8,12-13,18H2/b11-5-,19-16+. The van der Waals surface area contributed by atoms with Gasteiger partial charge < -0.3 is 10.5 Å². The average Bonchev–Trinajstić information content (AvgIpc) is 2.69. The van der Waals surface area contributed by atoms with Crippen molar-refractivity contribution in [3.05, 3.63) is 61.1 Å². The molecule has 0 fully saturated rings. The predicted molar refractivity (Wildman–Crippen MR) is 86.7 cm³/mol. The zero-order valence-electron chi connectivity index (χ0n) is 11.5. The molecule has 0 aromatic carbocycles. The zero-order valence-corrected chi connectivity index (χ0v) is 12.3. The van der Waals surface area contributed by atoms with E-state index >= 15 is 0 Å². The molecule has 3 nitrogen and oxygen atoms in total. The van der Waals surface area contributed by atoms with Gasteiger partial charge in [-0.05, 0) is 24.8 Å². The van der Waals surface area contributed by atoms with Gasteiger partial charge in [0.2, 0.25) is 0 Å². The van der Waals surface area contributed by atoms with Gasteiger partial charge in [-0.15, -0.1) is 18.2 Å². The Kier molecular flexibility index (Phi) is 8.24. The van der Waals surface area contributed by atoms with Crippen molar-refractivity contribution in [3.8, 4) is 0 Å². The summed E-state index contributed by atoms with van der Waals surface area (Å²) in [5.74, 6) is 0.951. The molecule has 0 spiro atoms. The molecule has 1 aliphatic rings. The van der Waals surface area contributed by atoms with Crippen molar-refractivity contribution in [2.45, 2.75) is 12.8 Å². The Morgan fingerprint density at radius 2 is 2.35 bits per heavy atom. The van der Waals surface area contributed by atoms with Gasteiger partial charge in [0.15, 0.2) is 0 Å². The lowest BCUT2D eigenvalue weighted by Crippen LogP contribution is -2.09. The van der Waals surface area contributed by atoms with Gasteiger partial charge in [0, 0.05) is 18.1 Å². The molecule has 0 aromatic heterocycles. The van der Waals surface area contributed by atoms with Gasteiger partial charge in [-0.25, -0.2) is 0 Å². The second kappa shape index (κ2) is 10.1. The van der Waals surface area contributed by atoms with Crippen LogP contribution in [0.1, 0.15) is 12.8 Å². The molecule has 1 unspecified atom stereocenters. The molecule has 2 N–H and O–H groups in total. The topological polar surface area (TPSA) is 47.6 Å². The highest BCUT2D eigenvalue weighted by Gasteiger charge is 2.10. The van der Waals surface area contributed by atoms with E-state index in [0.717, 1.165) is 17.9 Å². The Bertz CT molecular complexity index is 447. The smallest absolute Gasteiger partial charge is 0.119 e. The summed E-state index contributed by atoms with van der Waals surface area (Å²) < 4.78 is 5.62. The molecule has 0 amide bonds. The molecule has 108 valence electrons. The number of allylic oxidation sites excluding steroid dienone is 6. The molecule has 0 radical (unpaired) electrons. The van der Waals surface area contributed by atoms with Crippen LogP contribution in [0, 0.1) is 5.92 Å². The number of nitrogens with zero attached hydrogens (tertiary/aromatic N) is 1. The third-order valence-electron chi connectivity index (χ3n) is 2.75. The Morgan fingerprint density at radius 1 is 1.50 bits per heavy atom. The molecule has 1 atom stereocenters. The van der Waals surface area contributed by atoms with Crippen molar-refractivity contribution in [1.29, 1.82) is 0 Å². The highest BCUT2D eigenvalue weighted by molar-refractivity contribution is 6.18. The molecule has 0 saturated carbocycles. The summed E-state index contributed by atoms with van der Waals surface area (Å²) in [6.07, 6.45) is 16.7. The van der Waals surface area contributed by atoms with E-state index in [-0.39, 0.29) is 11.9 Å². The minimum Gasteiger partial charge on any atom is -0.493 e. The summed E-state index contributed by atoms with van der Waals surface area (Å²) in [5, 5.41) is 0. The number of aliphatic imine (C=N–C) groups is 1. The number of halogens is 1. The third-order valence-corrected chi connectivity index (χ3v) is 2.87. The number of hydrogen-bond acceptors (Lipinski definition) is 3. The fraction of sp³-hybridized carbons (Fsp3) is 0.312. The van der Waals surface area contributed by atoms with Gasteiger partial charge in [0.05, 0.1) is 6.61 Å². The maximum absolute atomic E-state index is 5.71. The van der Waals surface area contributed by atoms with Crippen LogP contribution in [0.15, 0.2) is 66.1 Å². The number of nitrogens with two attached hydrogens (primary N) is 1. The third kappa shape index (κ3) is 5.93. The maximum Gasteiger partial charge on any atom is 0.119 e. The summed E-state index contributed by atoms with van der Waals surface area (Å²) in [4.78, 5) is 4.32. The quantitative estimate of drug-likeness (QED) is 0.244. The van der Waals surface area contributed by atoms with Crippen LogP contribution in [0.4, 0.5) is 0 Å². The average molecular weight is 293 g/mol. The Labute approximate surface area is 125 Å². The number of hydrogen-bond donors (Lipinski definition) is 1. The van der Waals surface area contributed by atoms with Gasteiger partial charge in [0.25, 0.3) is 0 Å². The largest absolute Gasteiger partial charge is 0.493 e. The minimum atomic E-state index is 0.113. The normalized spacial score (nSPS) is 18.9. The van der Waals surface area contributed by atoms with Gasteiger partial charge in [0.1, 0.15) is 11.8 Å². The van der Waals surface area contributed by atoms with Crippen LogP contribution in [0.2, 0.25) is 0 Å².